The zero-order valence-corrected chi connectivity index (χ0v) is 14.6. The lowest BCUT2D eigenvalue weighted by molar-refractivity contribution is -0.229. The van der Waals surface area contributed by atoms with Crippen molar-refractivity contribution >= 4 is 5.97 Å². The molecule has 5 heteroatoms. The van der Waals surface area contributed by atoms with Gasteiger partial charge in [0.05, 0.1) is 20.3 Å². The van der Waals surface area contributed by atoms with E-state index in [-0.39, 0.29) is 12.1 Å². The van der Waals surface area contributed by atoms with Gasteiger partial charge in [-0.2, -0.15) is 0 Å². The van der Waals surface area contributed by atoms with Crippen molar-refractivity contribution < 1.29 is 23.7 Å². The van der Waals surface area contributed by atoms with Gasteiger partial charge >= 0.3 is 5.97 Å². The molecule has 0 unspecified atom stereocenters. The predicted molar refractivity (Wildman–Crippen MR) is 90.6 cm³/mol. The quantitative estimate of drug-likeness (QED) is 0.564. The summed E-state index contributed by atoms with van der Waals surface area (Å²) in [6.07, 6.45) is 3.99. The normalized spacial score (nSPS) is 21.2. The van der Waals surface area contributed by atoms with E-state index in [1.165, 1.54) is 6.08 Å². The molecule has 0 N–H and O–H groups in total. The van der Waals surface area contributed by atoms with E-state index in [0.29, 0.717) is 19.1 Å². The van der Waals surface area contributed by atoms with Crippen molar-refractivity contribution in [2.75, 3.05) is 13.7 Å². The van der Waals surface area contributed by atoms with Crippen LogP contribution in [0.2, 0.25) is 0 Å². The Morgan fingerprint density at radius 2 is 2.08 bits per heavy atom. The summed E-state index contributed by atoms with van der Waals surface area (Å²) in [6, 6.07) is 7.64. The third-order valence-electron chi connectivity index (χ3n) is 3.68. The number of allylic oxidation sites excluding steroid dienone is 1. The van der Waals surface area contributed by atoms with Crippen molar-refractivity contribution in [1.82, 2.24) is 0 Å². The van der Waals surface area contributed by atoms with Gasteiger partial charge in [0.15, 0.2) is 12.4 Å². The maximum atomic E-state index is 11.9. The fourth-order valence-electron chi connectivity index (χ4n) is 2.36. The number of carbonyl (C=O) groups is 1. The van der Waals surface area contributed by atoms with Crippen LogP contribution >= 0.6 is 0 Å². The van der Waals surface area contributed by atoms with E-state index in [4.69, 9.17) is 18.9 Å². The molecule has 5 nitrogen and oxygen atoms in total. The second-order valence-electron chi connectivity index (χ2n) is 6.12. The molecule has 0 bridgehead atoms. The largest absolute Gasteiger partial charge is 0.497 e. The van der Waals surface area contributed by atoms with Crippen LogP contribution < -0.4 is 4.74 Å². The lowest BCUT2D eigenvalue weighted by Gasteiger charge is -2.30. The molecule has 1 saturated heterocycles. The van der Waals surface area contributed by atoms with Crippen LogP contribution in [-0.2, 0) is 25.6 Å². The molecule has 1 fully saturated rings. The third-order valence-corrected chi connectivity index (χ3v) is 3.68. The zero-order chi connectivity index (χ0) is 17.4. The highest BCUT2D eigenvalue weighted by Gasteiger charge is 2.29. The highest BCUT2D eigenvalue weighted by Crippen LogP contribution is 2.21. The second-order valence-corrected chi connectivity index (χ2v) is 6.12. The summed E-state index contributed by atoms with van der Waals surface area (Å²) in [5, 5.41) is 0. The van der Waals surface area contributed by atoms with Crippen molar-refractivity contribution in [2.24, 2.45) is 5.92 Å². The molecular formula is C19H26O5. The van der Waals surface area contributed by atoms with Crippen molar-refractivity contribution in [3.8, 4) is 5.75 Å². The number of hydrogen-bond donors (Lipinski definition) is 0. The van der Waals surface area contributed by atoms with Gasteiger partial charge in [0, 0.05) is 6.08 Å². The first-order valence-corrected chi connectivity index (χ1v) is 8.33. The first kappa shape index (κ1) is 18.5. The number of methoxy groups -OCH3 is 1. The summed E-state index contributed by atoms with van der Waals surface area (Å²) in [4.78, 5) is 11.9. The van der Waals surface area contributed by atoms with E-state index in [2.05, 4.69) is 0 Å². The molecule has 132 valence electrons. The molecule has 0 saturated carbocycles. The molecule has 0 amide bonds. The minimum absolute atomic E-state index is 0.308. The standard InChI is InChI=1S/C19H26O5/c1-14(2)6-11-18(20)24-17-5-4-12-22-19(17)23-13-15-7-9-16(21-3)10-8-15/h6-11,14,17,19H,4-5,12-13H2,1-3H3/b11-6+/t17-,19+/m1/s1. The topological polar surface area (TPSA) is 54.0 Å². The summed E-state index contributed by atoms with van der Waals surface area (Å²) in [6.45, 7) is 5.02. The lowest BCUT2D eigenvalue weighted by atomic mass is 10.1. The van der Waals surface area contributed by atoms with Crippen LogP contribution in [0.15, 0.2) is 36.4 Å². The number of hydrogen-bond acceptors (Lipinski definition) is 5. The first-order valence-electron chi connectivity index (χ1n) is 8.33. The summed E-state index contributed by atoms with van der Waals surface area (Å²) >= 11 is 0. The Bertz CT molecular complexity index is 535. The number of esters is 1. The second kappa shape index (κ2) is 9.45. The molecule has 1 aliphatic rings. The molecule has 1 aromatic rings. The van der Waals surface area contributed by atoms with Crippen molar-refractivity contribution in [3.63, 3.8) is 0 Å². The van der Waals surface area contributed by atoms with Crippen molar-refractivity contribution in [2.45, 2.75) is 45.7 Å². The van der Waals surface area contributed by atoms with Gasteiger partial charge in [0.2, 0.25) is 0 Å². The van der Waals surface area contributed by atoms with Gasteiger partial charge in [-0.05, 0) is 36.5 Å². The van der Waals surface area contributed by atoms with Crippen LogP contribution in [0.25, 0.3) is 0 Å². The van der Waals surface area contributed by atoms with E-state index in [0.717, 1.165) is 24.2 Å². The maximum Gasteiger partial charge on any atom is 0.330 e. The molecule has 2 rings (SSSR count). The average molecular weight is 334 g/mol. The van der Waals surface area contributed by atoms with E-state index in [1.54, 1.807) is 7.11 Å². The van der Waals surface area contributed by atoms with Crippen LogP contribution in [0.5, 0.6) is 5.75 Å². The fourth-order valence-corrected chi connectivity index (χ4v) is 2.36. The Labute approximate surface area is 143 Å². The fraction of sp³-hybridized carbons (Fsp3) is 0.526. The van der Waals surface area contributed by atoms with Gasteiger partial charge in [0.25, 0.3) is 0 Å². The van der Waals surface area contributed by atoms with Crippen molar-refractivity contribution in [1.29, 1.82) is 0 Å². The van der Waals surface area contributed by atoms with E-state index >= 15 is 0 Å². The van der Waals surface area contributed by atoms with Gasteiger partial charge in [-0.25, -0.2) is 4.79 Å². The van der Waals surface area contributed by atoms with Gasteiger partial charge in [-0.15, -0.1) is 0 Å². The molecule has 24 heavy (non-hydrogen) atoms. The zero-order valence-electron chi connectivity index (χ0n) is 14.6. The molecule has 0 aliphatic carbocycles. The van der Waals surface area contributed by atoms with Gasteiger partial charge in [0.1, 0.15) is 5.75 Å². The monoisotopic (exact) mass is 334 g/mol. The average Bonchev–Trinajstić information content (AvgIpc) is 2.59. The van der Waals surface area contributed by atoms with Gasteiger partial charge in [-0.1, -0.05) is 32.1 Å². The minimum atomic E-state index is -0.530. The van der Waals surface area contributed by atoms with Crippen LogP contribution in [0, 0.1) is 5.92 Å². The van der Waals surface area contributed by atoms with Crippen LogP contribution in [0.3, 0.4) is 0 Å². The Morgan fingerprint density at radius 1 is 1.33 bits per heavy atom. The lowest BCUT2D eigenvalue weighted by Crippen LogP contribution is -2.39. The maximum absolute atomic E-state index is 11.9. The predicted octanol–water partition coefficient (Wildman–Crippen LogP) is 3.47. The smallest absolute Gasteiger partial charge is 0.330 e. The molecule has 2 atom stereocenters. The number of ether oxygens (including phenoxy) is 4. The van der Waals surface area contributed by atoms with E-state index < -0.39 is 6.29 Å². The molecule has 1 aromatic carbocycles. The van der Waals surface area contributed by atoms with Crippen LogP contribution in [0.4, 0.5) is 0 Å². The van der Waals surface area contributed by atoms with Gasteiger partial charge < -0.3 is 18.9 Å². The molecular weight excluding hydrogens is 308 g/mol. The SMILES string of the molecule is COc1ccc(CO[C@@H]2OCCC[C@H]2OC(=O)/C=C/C(C)C)cc1. The summed E-state index contributed by atoms with van der Waals surface area (Å²) in [5.41, 5.74) is 1.01. The van der Waals surface area contributed by atoms with E-state index in [1.807, 2.05) is 44.2 Å². The Hall–Kier alpha value is -1.85. The molecule has 1 aliphatic heterocycles. The van der Waals surface area contributed by atoms with Crippen molar-refractivity contribution in [3.05, 3.63) is 42.0 Å². The molecule has 0 radical (unpaired) electrons. The number of benzene rings is 1. The summed E-state index contributed by atoms with van der Waals surface area (Å²) < 4.78 is 22.1. The van der Waals surface area contributed by atoms with Gasteiger partial charge in [-0.3, -0.25) is 0 Å². The molecule has 0 aromatic heterocycles. The summed E-state index contributed by atoms with van der Waals surface area (Å²) in [7, 11) is 1.63. The molecule has 1 heterocycles. The minimum Gasteiger partial charge on any atom is -0.497 e. The first-order chi connectivity index (χ1) is 11.6. The Morgan fingerprint density at radius 3 is 2.75 bits per heavy atom. The highest BCUT2D eigenvalue weighted by molar-refractivity contribution is 5.82. The van der Waals surface area contributed by atoms with Crippen LogP contribution in [-0.4, -0.2) is 32.1 Å². The summed E-state index contributed by atoms with van der Waals surface area (Å²) in [5.74, 6) is 0.760. The Kier molecular flexibility index (Phi) is 7.28. The number of rotatable bonds is 7. The third kappa shape index (κ3) is 5.98. The highest BCUT2D eigenvalue weighted by atomic mass is 16.7. The number of carbonyl (C=O) groups excluding carboxylic acids is 1. The van der Waals surface area contributed by atoms with Crippen LogP contribution in [0.1, 0.15) is 32.3 Å². The Balaban J connectivity index is 1.87. The van der Waals surface area contributed by atoms with E-state index in [9.17, 15) is 4.79 Å². The molecule has 0 spiro atoms.